The van der Waals surface area contributed by atoms with Gasteiger partial charge in [0.2, 0.25) is 0 Å². The normalized spacial score (nSPS) is 21.3. The van der Waals surface area contributed by atoms with Crippen molar-refractivity contribution in [1.29, 1.82) is 0 Å². The molecule has 1 aromatic rings. The van der Waals surface area contributed by atoms with Crippen LogP contribution < -0.4 is 5.32 Å². The number of hydrogen-bond donors (Lipinski definition) is 1. The Labute approximate surface area is 130 Å². The summed E-state index contributed by atoms with van der Waals surface area (Å²) >= 11 is 5.68. The largest absolute Gasteiger partial charge is 0.313 e. The molecule has 2 unspecified atom stereocenters. The Balaban J connectivity index is 1.97. The monoisotopic (exact) mass is 341 g/mol. The van der Waals surface area contributed by atoms with Crippen molar-refractivity contribution in [2.45, 2.75) is 50.3 Å². The van der Waals surface area contributed by atoms with Gasteiger partial charge in [-0.3, -0.25) is 0 Å². The molecule has 2 atom stereocenters. The molecule has 2 rings (SSSR count). The van der Waals surface area contributed by atoms with Gasteiger partial charge in [-0.1, -0.05) is 41.4 Å². The van der Waals surface area contributed by atoms with E-state index >= 15 is 0 Å². The van der Waals surface area contributed by atoms with Crippen LogP contribution in [0.2, 0.25) is 0 Å². The molecular formula is C16H24BrNS. The molecule has 1 nitrogen and oxygen atoms in total. The second kappa shape index (κ2) is 8.33. The van der Waals surface area contributed by atoms with Crippen molar-refractivity contribution in [3.8, 4) is 0 Å². The summed E-state index contributed by atoms with van der Waals surface area (Å²) in [4.78, 5) is 0. The van der Waals surface area contributed by atoms with E-state index in [9.17, 15) is 0 Å². The molecule has 0 saturated carbocycles. The molecule has 1 heterocycles. The highest BCUT2D eigenvalue weighted by Gasteiger charge is 2.23. The summed E-state index contributed by atoms with van der Waals surface area (Å²) in [5.41, 5.74) is 1.45. The fourth-order valence-electron chi connectivity index (χ4n) is 2.62. The molecule has 0 bridgehead atoms. The van der Waals surface area contributed by atoms with Crippen LogP contribution in [0.5, 0.6) is 0 Å². The van der Waals surface area contributed by atoms with Gasteiger partial charge in [-0.2, -0.15) is 11.8 Å². The lowest BCUT2D eigenvalue weighted by Gasteiger charge is -2.31. The van der Waals surface area contributed by atoms with E-state index in [0.29, 0.717) is 6.04 Å². The molecule has 0 aromatic heterocycles. The smallest absolute Gasteiger partial charge is 0.0226 e. The molecule has 1 fully saturated rings. The van der Waals surface area contributed by atoms with Gasteiger partial charge < -0.3 is 5.32 Å². The predicted molar refractivity (Wildman–Crippen MR) is 90.0 cm³/mol. The van der Waals surface area contributed by atoms with Crippen LogP contribution in [-0.4, -0.2) is 23.6 Å². The Morgan fingerprint density at radius 1 is 1.32 bits per heavy atom. The van der Waals surface area contributed by atoms with E-state index in [4.69, 9.17) is 0 Å². The zero-order valence-corrected chi connectivity index (χ0v) is 14.1. The molecule has 0 spiro atoms. The van der Waals surface area contributed by atoms with E-state index in [1.165, 1.54) is 41.5 Å². The number of benzene rings is 1. The van der Waals surface area contributed by atoms with Crippen LogP contribution in [-0.2, 0) is 6.42 Å². The number of halogens is 1. The first-order valence-corrected chi connectivity index (χ1v) is 9.23. The van der Waals surface area contributed by atoms with Crippen LogP contribution in [0, 0.1) is 0 Å². The van der Waals surface area contributed by atoms with Gasteiger partial charge in [0.05, 0.1) is 0 Å². The van der Waals surface area contributed by atoms with Gasteiger partial charge in [-0.15, -0.1) is 0 Å². The van der Waals surface area contributed by atoms with Gasteiger partial charge in [0, 0.05) is 15.8 Å². The van der Waals surface area contributed by atoms with Crippen molar-refractivity contribution in [3.63, 3.8) is 0 Å². The number of thioether (sulfide) groups is 1. The highest BCUT2D eigenvalue weighted by atomic mass is 79.9. The highest BCUT2D eigenvalue weighted by Crippen LogP contribution is 2.29. The van der Waals surface area contributed by atoms with Crippen LogP contribution in [0.15, 0.2) is 28.7 Å². The second-order valence-corrected chi connectivity index (χ2v) is 7.56. The summed E-state index contributed by atoms with van der Waals surface area (Å²) in [6.45, 7) is 3.38. The summed E-state index contributed by atoms with van der Waals surface area (Å²) in [6, 6.07) is 9.43. The third-order valence-electron chi connectivity index (χ3n) is 3.69. The highest BCUT2D eigenvalue weighted by molar-refractivity contribution is 9.10. The fourth-order valence-corrected chi connectivity index (χ4v) is 4.32. The molecule has 1 aliphatic heterocycles. The summed E-state index contributed by atoms with van der Waals surface area (Å²) < 4.78 is 1.17. The Bertz CT molecular complexity index is 360. The van der Waals surface area contributed by atoms with E-state index < -0.39 is 0 Å². The molecule has 1 aromatic carbocycles. The zero-order chi connectivity index (χ0) is 13.5. The lowest BCUT2D eigenvalue weighted by atomic mass is 9.99. The fraction of sp³-hybridized carbons (Fsp3) is 0.625. The molecule has 1 N–H and O–H groups in total. The second-order valence-electron chi connectivity index (χ2n) is 5.30. The standard InChI is InChI=1S/C16H24BrNS/c1-2-10-18-15(16-5-3-4-11-19-16)12-13-6-8-14(17)9-7-13/h6-9,15-16,18H,2-5,10-12H2,1H3. The molecule has 0 aliphatic carbocycles. The average molecular weight is 342 g/mol. The topological polar surface area (TPSA) is 12.0 Å². The summed E-state index contributed by atoms with van der Waals surface area (Å²) in [6.07, 6.45) is 6.56. The van der Waals surface area contributed by atoms with Crippen molar-refractivity contribution < 1.29 is 0 Å². The van der Waals surface area contributed by atoms with Crippen LogP contribution in [0.25, 0.3) is 0 Å². The van der Waals surface area contributed by atoms with Gasteiger partial charge >= 0.3 is 0 Å². The number of nitrogens with one attached hydrogen (secondary N) is 1. The third kappa shape index (κ3) is 5.13. The average Bonchev–Trinajstić information content (AvgIpc) is 2.46. The summed E-state index contributed by atoms with van der Waals surface area (Å²) in [5, 5.41) is 4.56. The van der Waals surface area contributed by atoms with Crippen LogP contribution >= 0.6 is 27.7 Å². The minimum absolute atomic E-state index is 0.631. The maximum atomic E-state index is 3.77. The van der Waals surface area contributed by atoms with Gasteiger partial charge in [0.15, 0.2) is 0 Å². The first-order chi connectivity index (χ1) is 9.29. The number of hydrogen-bond acceptors (Lipinski definition) is 2. The molecule has 3 heteroatoms. The lowest BCUT2D eigenvalue weighted by molar-refractivity contribution is 0.461. The SMILES string of the molecule is CCCNC(Cc1ccc(Br)cc1)C1CCCCS1. The minimum Gasteiger partial charge on any atom is -0.313 e. The lowest BCUT2D eigenvalue weighted by Crippen LogP contribution is -2.41. The Kier molecular flexibility index (Phi) is 6.75. The van der Waals surface area contributed by atoms with Gasteiger partial charge in [-0.25, -0.2) is 0 Å². The molecule has 19 heavy (non-hydrogen) atoms. The quantitative estimate of drug-likeness (QED) is 0.808. The maximum Gasteiger partial charge on any atom is 0.0226 e. The van der Waals surface area contributed by atoms with Crippen molar-refractivity contribution in [2.75, 3.05) is 12.3 Å². The first-order valence-electron chi connectivity index (χ1n) is 7.39. The van der Waals surface area contributed by atoms with E-state index in [-0.39, 0.29) is 0 Å². The van der Waals surface area contributed by atoms with Crippen LogP contribution in [0.1, 0.15) is 38.2 Å². The summed E-state index contributed by atoms with van der Waals surface area (Å²) in [5.74, 6) is 1.34. The van der Waals surface area contributed by atoms with Crippen molar-refractivity contribution >= 4 is 27.7 Å². The molecule has 0 amide bonds. The van der Waals surface area contributed by atoms with Gasteiger partial charge in [0.25, 0.3) is 0 Å². The van der Waals surface area contributed by atoms with Crippen molar-refractivity contribution in [2.24, 2.45) is 0 Å². The number of rotatable bonds is 6. The van der Waals surface area contributed by atoms with E-state index in [1.807, 2.05) is 0 Å². The van der Waals surface area contributed by atoms with Gasteiger partial charge in [-0.05, 0) is 55.7 Å². The molecule has 1 saturated heterocycles. The van der Waals surface area contributed by atoms with Crippen molar-refractivity contribution in [3.05, 3.63) is 34.3 Å². The minimum atomic E-state index is 0.631. The third-order valence-corrected chi connectivity index (χ3v) is 5.73. The Morgan fingerprint density at radius 2 is 2.11 bits per heavy atom. The first kappa shape index (κ1) is 15.4. The van der Waals surface area contributed by atoms with E-state index in [1.54, 1.807) is 0 Å². The van der Waals surface area contributed by atoms with Gasteiger partial charge in [0.1, 0.15) is 0 Å². The molecule has 0 radical (unpaired) electrons. The Hall–Kier alpha value is 0.01000. The van der Waals surface area contributed by atoms with Crippen LogP contribution in [0.4, 0.5) is 0 Å². The van der Waals surface area contributed by atoms with E-state index in [2.05, 4.69) is 64.2 Å². The van der Waals surface area contributed by atoms with Crippen LogP contribution in [0.3, 0.4) is 0 Å². The molecular weight excluding hydrogens is 318 g/mol. The molecule has 106 valence electrons. The Morgan fingerprint density at radius 3 is 2.74 bits per heavy atom. The predicted octanol–water partition coefficient (Wildman–Crippen LogP) is 4.65. The maximum absolute atomic E-state index is 3.77. The molecule has 1 aliphatic rings. The van der Waals surface area contributed by atoms with E-state index in [0.717, 1.165) is 18.2 Å². The summed E-state index contributed by atoms with van der Waals surface area (Å²) in [7, 11) is 0. The van der Waals surface area contributed by atoms with Crippen molar-refractivity contribution in [1.82, 2.24) is 5.32 Å². The zero-order valence-electron chi connectivity index (χ0n) is 11.7.